The fraction of sp³-hybridized carbons (Fsp3) is 0.300. The predicted molar refractivity (Wildman–Crippen MR) is 64.9 cm³/mol. The van der Waals surface area contributed by atoms with E-state index in [1.807, 2.05) is 0 Å². The molecule has 0 saturated heterocycles. The fourth-order valence-corrected chi connectivity index (χ4v) is 2.34. The normalized spacial score (nSPS) is 12.7. The first-order valence-electron chi connectivity index (χ1n) is 5.21. The van der Waals surface area contributed by atoms with E-state index in [0.717, 1.165) is 24.3 Å². The maximum atomic E-state index is 11.8. The van der Waals surface area contributed by atoms with Crippen molar-refractivity contribution in [1.82, 2.24) is 5.32 Å². The van der Waals surface area contributed by atoms with Crippen molar-refractivity contribution in [2.24, 2.45) is 0 Å². The molecule has 0 saturated carbocycles. The molecule has 0 aliphatic rings. The van der Waals surface area contributed by atoms with E-state index in [1.54, 1.807) is 0 Å². The van der Waals surface area contributed by atoms with Crippen molar-refractivity contribution in [3.05, 3.63) is 34.4 Å². The number of nitro groups is 1. The minimum absolute atomic E-state index is 0.0374. The highest BCUT2D eigenvalue weighted by Gasteiger charge is 2.19. The topological polar surface area (TPSA) is 116 Å². The van der Waals surface area contributed by atoms with E-state index in [9.17, 15) is 23.3 Å². The molecule has 1 unspecified atom stereocenters. The summed E-state index contributed by atoms with van der Waals surface area (Å²) in [5.74, 6) is 0. The van der Waals surface area contributed by atoms with Crippen LogP contribution in [0.1, 0.15) is 6.92 Å². The highest BCUT2D eigenvalue weighted by atomic mass is 32.2. The zero-order valence-electron chi connectivity index (χ0n) is 9.98. The molecule has 8 nitrogen and oxygen atoms in total. The highest BCUT2D eigenvalue weighted by Crippen LogP contribution is 2.18. The second-order valence-electron chi connectivity index (χ2n) is 3.64. The van der Waals surface area contributed by atoms with Crippen LogP contribution in [0.15, 0.2) is 29.2 Å². The van der Waals surface area contributed by atoms with Gasteiger partial charge in [-0.05, 0) is 19.1 Å². The molecule has 1 amide bonds. The van der Waals surface area contributed by atoms with Crippen LogP contribution in [0.5, 0.6) is 0 Å². The SMILES string of the molecule is CC(CNC=O)OS(=O)(=O)c1ccc([N+](=O)[O-])cc1. The Kier molecular flexibility index (Phi) is 4.95. The summed E-state index contributed by atoms with van der Waals surface area (Å²) < 4.78 is 28.4. The van der Waals surface area contributed by atoms with Gasteiger partial charge in [0, 0.05) is 18.7 Å². The van der Waals surface area contributed by atoms with Crippen LogP contribution in [0.25, 0.3) is 0 Å². The van der Waals surface area contributed by atoms with E-state index in [1.165, 1.54) is 6.92 Å². The average Bonchev–Trinajstić information content (AvgIpc) is 2.36. The number of hydrogen-bond acceptors (Lipinski definition) is 6. The molecule has 0 aliphatic carbocycles. The van der Waals surface area contributed by atoms with Crippen molar-refractivity contribution in [1.29, 1.82) is 0 Å². The first-order chi connectivity index (χ1) is 8.86. The Bertz CT molecular complexity index is 554. The largest absolute Gasteiger partial charge is 0.356 e. The lowest BCUT2D eigenvalue weighted by molar-refractivity contribution is -0.384. The minimum atomic E-state index is -4.01. The van der Waals surface area contributed by atoms with Crippen LogP contribution in [0.3, 0.4) is 0 Å². The Labute approximate surface area is 109 Å². The lowest BCUT2D eigenvalue weighted by atomic mass is 10.3. The zero-order chi connectivity index (χ0) is 14.5. The summed E-state index contributed by atoms with van der Waals surface area (Å²) in [6, 6.07) is 4.33. The highest BCUT2D eigenvalue weighted by molar-refractivity contribution is 7.86. The van der Waals surface area contributed by atoms with Gasteiger partial charge in [-0.15, -0.1) is 0 Å². The van der Waals surface area contributed by atoms with E-state index < -0.39 is 21.1 Å². The number of rotatable bonds is 7. The molecule has 0 aromatic heterocycles. The van der Waals surface area contributed by atoms with Crippen molar-refractivity contribution in [3.63, 3.8) is 0 Å². The van der Waals surface area contributed by atoms with Crippen molar-refractivity contribution >= 4 is 22.2 Å². The van der Waals surface area contributed by atoms with Crippen LogP contribution in [0.4, 0.5) is 5.69 Å². The second kappa shape index (κ2) is 6.25. The molecule has 1 aromatic carbocycles. The second-order valence-corrected chi connectivity index (χ2v) is 5.21. The number of hydrogen-bond donors (Lipinski definition) is 1. The van der Waals surface area contributed by atoms with Crippen LogP contribution in [0.2, 0.25) is 0 Å². The molecule has 0 bridgehead atoms. The van der Waals surface area contributed by atoms with E-state index >= 15 is 0 Å². The van der Waals surface area contributed by atoms with Crippen molar-refractivity contribution in [2.75, 3.05) is 6.54 Å². The van der Waals surface area contributed by atoms with Crippen LogP contribution in [-0.4, -0.2) is 32.4 Å². The number of nitro benzene ring substituents is 1. The molecule has 1 aromatic rings. The quantitative estimate of drug-likeness (QED) is 0.337. The lowest BCUT2D eigenvalue weighted by Crippen LogP contribution is -2.27. The van der Waals surface area contributed by atoms with Crippen molar-refractivity contribution in [3.8, 4) is 0 Å². The Balaban J connectivity index is 2.82. The average molecular weight is 288 g/mol. The number of nitrogens with one attached hydrogen (secondary N) is 1. The van der Waals surface area contributed by atoms with Crippen LogP contribution >= 0.6 is 0 Å². The first kappa shape index (κ1) is 15.1. The molecule has 0 aliphatic heterocycles. The summed E-state index contributed by atoms with van der Waals surface area (Å²) in [4.78, 5) is 19.7. The van der Waals surface area contributed by atoms with E-state index in [2.05, 4.69) is 5.32 Å². The predicted octanol–water partition coefficient (Wildman–Crippen LogP) is 0.435. The maximum absolute atomic E-state index is 11.8. The van der Waals surface area contributed by atoms with E-state index in [4.69, 9.17) is 4.18 Å². The summed E-state index contributed by atoms with van der Waals surface area (Å²) in [5.41, 5.74) is -0.213. The number of carbonyl (C=O) groups is 1. The van der Waals surface area contributed by atoms with Gasteiger partial charge in [0.05, 0.1) is 15.9 Å². The molecular formula is C10H12N2O6S. The molecule has 104 valence electrons. The van der Waals surface area contributed by atoms with Gasteiger partial charge < -0.3 is 5.32 Å². The first-order valence-corrected chi connectivity index (χ1v) is 6.62. The number of carbonyl (C=O) groups excluding carboxylic acids is 1. The maximum Gasteiger partial charge on any atom is 0.297 e. The molecule has 0 fully saturated rings. The molecule has 19 heavy (non-hydrogen) atoms. The van der Waals surface area contributed by atoms with Crippen LogP contribution < -0.4 is 5.32 Å². The number of non-ortho nitro benzene ring substituents is 1. The van der Waals surface area contributed by atoms with Gasteiger partial charge in [-0.1, -0.05) is 0 Å². The third-order valence-electron chi connectivity index (χ3n) is 2.12. The molecule has 1 rings (SSSR count). The summed E-state index contributed by atoms with van der Waals surface area (Å²) in [6.07, 6.45) is -0.316. The Morgan fingerprint density at radius 2 is 2.00 bits per heavy atom. The minimum Gasteiger partial charge on any atom is -0.356 e. The number of amides is 1. The Morgan fingerprint density at radius 3 is 2.47 bits per heavy atom. The standard InChI is InChI=1S/C10H12N2O6S/c1-8(6-11-7-13)18-19(16,17)10-4-2-9(3-5-10)12(14)15/h2-5,7-8H,6H2,1H3,(H,11,13). The summed E-state index contributed by atoms with van der Waals surface area (Å²) >= 11 is 0. The Morgan fingerprint density at radius 1 is 1.42 bits per heavy atom. The molecule has 1 N–H and O–H groups in total. The van der Waals surface area contributed by atoms with E-state index in [0.29, 0.717) is 6.41 Å². The summed E-state index contributed by atoms with van der Waals surface area (Å²) in [7, 11) is -4.01. The fourth-order valence-electron chi connectivity index (χ4n) is 1.25. The number of benzene rings is 1. The summed E-state index contributed by atoms with van der Waals surface area (Å²) in [5, 5.41) is 12.7. The van der Waals surface area contributed by atoms with Crippen LogP contribution in [-0.2, 0) is 19.1 Å². The smallest absolute Gasteiger partial charge is 0.297 e. The van der Waals surface area contributed by atoms with Gasteiger partial charge >= 0.3 is 0 Å². The third-order valence-corrected chi connectivity index (χ3v) is 3.55. The van der Waals surface area contributed by atoms with Gasteiger partial charge in [0.2, 0.25) is 6.41 Å². The lowest BCUT2D eigenvalue weighted by Gasteiger charge is -2.12. The number of nitrogens with zero attached hydrogens (tertiary/aromatic N) is 1. The van der Waals surface area contributed by atoms with Gasteiger partial charge in [-0.25, -0.2) is 0 Å². The van der Waals surface area contributed by atoms with Gasteiger partial charge in [0.15, 0.2) is 0 Å². The molecule has 0 heterocycles. The van der Waals surface area contributed by atoms with Gasteiger partial charge in [-0.2, -0.15) is 8.42 Å². The van der Waals surface area contributed by atoms with Crippen molar-refractivity contribution in [2.45, 2.75) is 17.9 Å². The molecule has 0 spiro atoms. The van der Waals surface area contributed by atoms with Gasteiger partial charge in [-0.3, -0.25) is 19.1 Å². The summed E-state index contributed by atoms with van der Waals surface area (Å²) in [6.45, 7) is 1.51. The van der Waals surface area contributed by atoms with Gasteiger partial charge in [0.25, 0.3) is 15.8 Å². The molecule has 9 heteroatoms. The zero-order valence-corrected chi connectivity index (χ0v) is 10.8. The molecule has 0 radical (unpaired) electrons. The molecule has 1 atom stereocenters. The Hall–Kier alpha value is -2.00. The van der Waals surface area contributed by atoms with E-state index in [-0.39, 0.29) is 17.1 Å². The third kappa shape index (κ3) is 4.30. The monoisotopic (exact) mass is 288 g/mol. The van der Waals surface area contributed by atoms with Crippen LogP contribution in [0, 0.1) is 10.1 Å². The molecular weight excluding hydrogens is 276 g/mol. The van der Waals surface area contributed by atoms with Crippen molar-refractivity contribution < 1.29 is 22.3 Å². The van der Waals surface area contributed by atoms with Gasteiger partial charge in [0.1, 0.15) is 0 Å².